The predicted octanol–water partition coefficient (Wildman–Crippen LogP) is 1.03. The maximum absolute atomic E-state index is 12.4. The Morgan fingerprint density at radius 1 is 1.50 bits per heavy atom. The Morgan fingerprint density at radius 2 is 2.10 bits per heavy atom. The molecule has 1 aromatic carbocycles. The topological polar surface area (TPSA) is 92.5 Å². The summed E-state index contributed by atoms with van der Waals surface area (Å²) >= 11 is 3.23. The van der Waals surface area contributed by atoms with Crippen molar-refractivity contribution in [2.75, 3.05) is 26.4 Å². The van der Waals surface area contributed by atoms with Crippen LogP contribution in [0.3, 0.4) is 0 Å². The Kier molecular flexibility index (Phi) is 5.55. The summed E-state index contributed by atoms with van der Waals surface area (Å²) in [5.74, 6) is -0.660. The van der Waals surface area contributed by atoms with E-state index >= 15 is 0 Å². The Balaban J connectivity index is 3.01. The number of rotatable bonds is 5. The number of anilines is 1. The van der Waals surface area contributed by atoms with Crippen LogP contribution in [-0.2, 0) is 14.8 Å². The molecule has 8 heteroatoms. The number of carbonyl (C=O) groups excluding carboxylic acids is 1. The zero-order chi connectivity index (χ0) is 15.5. The lowest BCUT2D eigenvalue weighted by Gasteiger charge is -2.21. The second-order valence-electron chi connectivity index (χ2n) is 4.48. The molecule has 1 unspecified atom stereocenters. The number of nitrogens with zero attached hydrogens (tertiary/aromatic N) is 1. The van der Waals surface area contributed by atoms with Gasteiger partial charge in [-0.3, -0.25) is 4.79 Å². The SMILES string of the molecule is CNC(=O)C(C)CN(C)S(=O)(=O)c1ccc(Br)cc1N. The van der Waals surface area contributed by atoms with E-state index in [1.807, 2.05) is 0 Å². The lowest BCUT2D eigenvalue weighted by molar-refractivity contribution is -0.124. The number of nitrogens with two attached hydrogens (primary N) is 1. The molecular formula is C12H18BrN3O3S. The van der Waals surface area contributed by atoms with E-state index < -0.39 is 15.9 Å². The van der Waals surface area contributed by atoms with Gasteiger partial charge >= 0.3 is 0 Å². The third-order valence-corrected chi connectivity index (χ3v) is 5.28. The zero-order valence-corrected chi connectivity index (χ0v) is 14.0. The monoisotopic (exact) mass is 363 g/mol. The third-order valence-electron chi connectivity index (χ3n) is 2.89. The molecule has 1 amide bonds. The van der Waals surface area contributed by atoms with Crippen LogP contribution in [0.2, 0.25) is 0 Å². The van der Waals surface area contributed by atoms with Crippen LogP contribution in [0.4, 0.5) is 5.69 Å². The number of benzene rings is 1. The largest absolute Gasteiger partial charge is 0.398 e. The maximum Gasteiger partial charge on any atom is 0.244 e. The van der Waals surface area contributed by atoms with Crippen molar-refractivity contribution in [2.45, 2.75) is 11.8 Å². The summed E-state index contributed by atoms with van der Waals surface area (Å²) in [5, 5.41) is 2.49. The fourth-order valence-corrected chi connectivity index (χ4v) is 3.47. The van der Waals surface area contributed by atoms with Crippen molar-refractivity contribution < 1.29 is 13.2 Å². The van der Waals surface area contributed by atoms with Crippen molar-refractivity contribution in [3.8, 4) is 0 Å². The lowest BCUT2D eigenvalue weighted by Crippen LogP contribution is -2.37. The van der Waals surface area contributed by atoms with Crippen molar-refractivity contribution in [3.05, 3.63) is 22.7 Å². The Morgan fingerprint density at radius 3 is 2.60 bits per heavy atom. The van der Waals surface area contributed by atoms with E-state index in [0.29, 0.717) is 4.47 Å². The van der Waals surface area contributed by atoms with Crippen LogP contribution < -0.4 is 11.1 Å². The first-order valence-electron chi connectivity index (χ1n) is 5.93. The number of nitrogens with one attached hydrogen (secondary N) is 1. The number of sulfonamides is 1. The van der Waals surface area contributed by atoms with Crippen molar-refractivity contribution in [1.29, 1.82) is 0 Å². The minimum atomic E-state index is -3.72. The molecule has 1 rings (SSSR count). The Bertz CT molecular complexity index is 604. The molecule has 0 aliphatic carbocycles. The van der Waals surface area contributed by atoms with E-state index in [1.165, 1.54) is 26.2 Å². The first-order chi connectivity index (χ1) is 9.20. The standard InChI is InChI=1S/C12H18BrN3O3S/c1-8(12(17)15-2)7-16(3)20(18,19)11-5-4-9(13)6-10(11)14/h4-6,8H,7,14H2,1-3H3,(H,15,17). The van der Waals surface area contributed by atoms with Crippen LogP contribution in [0, 0.1) is 5.92 Å². The molecule has 0 aromatic heterocycles. The van der Waals surface area contributed by atoms with Gasteiger partial charge in [-0.15, -0.1) is 0 Å². The van der Waals surface area contributed by atoms with Crippen LogP contribution in [0.1, 0.15) is 6.92 Å². The number of carbonyl (C=O) groups is 1. The summed E-state index contributed by atoms with van der Waals surface area (Å²) in [4.78, 5) is 11.5. The van der Waals surface area contributed by atoms with Gasteiger partial charge in [0.2, 0.25) is 15.9 Å². The summed E-state index contributed by atoms with van der Waals surface area (Å²) in [6, 6.07) is 4.58. The van der Waals surface area contributed by atoms with Crippen LogP contribution in [0.25, 0.3) is 0 Å². The van der Waals surface area contributed by atoms with Crippen LogP contribution in [0.15, 0.2) is 27.6 Å². The highest BCUT2D eigenvalue weighted by Crippen LogP contribution is 2.25. The minimum absolute atomic E-state index is 0.0345. The van der Waals surface area contributed by atoms with E-state index in [2.05, 4.69) is 21.2 Å². The van der Waals surface area contributed by atoms with Gasteiger partial charge in [-0.1, -0.05) is 22.9 Å². The van der Waals surface area contributed by atoms with Gasteiger partial charge < -0.3 is 11.1 Å². The third kappa shape index (κ3) is 3.71. The van der Waals surface area contributed by atoms with Gasteiger partial charge in [0.05, 0.1) is 5.69 Å². The van der Waals surface area contributed by atoms with Gasteiger partial charge in [0, 0.05) is 31.0 Å². The first kappa shape index (κ1) is 16.9. The normalized spacial score (nSPS) is 13.2. The summed E-state index contributed by atoms with van der Waals surface area (Å²) < 4.78 is 26.7. The van der Waals surface area contributed by atoms with Gasteiger partial charge in [-0.25, -0.2) is 12.7 Å². The quantitative estimate of drug-likeness (QED) is 0.764. The summed E-state index contributed by atoms with van der Waals surface area (Å²) in [6.07, 6.45) is 0. The molecule has 0 radical (unpaired) electrons. The molecule has 0 bridgehead atoms. The molecule has 0 aliphatic heterocycles. The highest BCUT2D eigenvalue weighted by atomic mass is 79.9. The first-order valence-corrected chi connectivity index (χ1v) is 8.16. The van der Waals surface area contributed by atoms with E-state index in [1.54, 1.807) is 13.0 Å². The smallest absolute Gasteiger partial charge is 0.244 e. The molecule has 0 saturated carbocycles. The van der Waals surface area contributed by atoms with E-state index in [4.69, 9.17) is 5.73 Å². The fourth-order valence-electron chi connectivity index (χ4n) is 1.74. The summed E-state index contributed by atoms with van der Waals surface area (Å²) in [7, 11) is -0.775. The summed E-state index contributed by atoms with van der Waals surface area (Å²) in [5.41, 5.74) is 5.91. The second-order valence-corrected chi connectivity index (χ2v) is 7.41. The second kappa shape index (κ2) is 6.55. The Labute approximate surface area is 127 Å². The van der Waals surface area contributed by atoms with E-state index in [9.17, 15) is 13.2 Å². The molecule has 0 saturated heterocycles. The number of amides is 1. The average molecular weight is 364 g/mol. The highest BCUT2D eigenvalue weighted by Gasteiger charge is 2.26. The van der Waals surface area contributed by atoms with Crippen LogP contribution >= 0.6 is 15.9 Å². The minimum Gasteiger partial charge on any atom is -0.398 e. The van der Waals surface area contributed by atoms with Crippen molar-refractivity contribution in [2.24, 2.45) is 5.92 Å². The average Bonchev–Trinajstić information content (AvgIpc) is 2.36. The Hall–Kier alpha value is -1.12. The zero-order valence-electron chi connectivity index (χ0n) is 11.6. The van der Waals surface area contributed by atoms with Gasteiger partial charge in [0.1, 0.15) is 4.90 Å². The number of nitrogen functional groups attached to an aromatic ring is 1. The van der Waals surface area contributed by atoms with Gasteiger partial charge in [-0.2, -0.15) is 0 Å². The molecule has 1 atom stereocenters. The van der Waals surface area contributed by atoms with Crippen molar-refractivity contribution >= 4 is 37.5 Å². The molecular weight excluding hydrogens is 346 g/mol. The van der Waals surface area contributed by atoms with E-state index in [-0.39, 0.29) is 23.0 Å². The molecule has 1 aromatic rings. The molecule has 0 aliphatic rings. The molecule has 3 N–H and O–H groups in total. The van der Waals surface area contributed by atoms with Crippen molar-refractivity contribution in [1.82, 2.24) is 9.62 Å². The van der Waals surface area contributed by atoms with Gasteiger partial charge in [-0.05, 0) is 18.2 Å². The van der Waals surface area contributed by atoms with Gasteiger partial charge in [0.25, 0.3) is 0 Å². The fraction of sp³-hybridized carbons (Fsp3) is 0.417. The van der Waals surface area contributed by atoms with Crippen LogP contribution in [0.5, 0.6) is 0 Å². The molecule has 6 nitrogen and oxygen atoms in total. The van der Waals surface area contributed by atoms with Crippen molar-refractivity contribution in [3.63, 3.8) is 0 Å². The highest BCUT2D eigenvalue weighted by molar-refractivity contribution is 9.10. The molecule has 0 heterocycles. The molecule has 0 fully saturated rings. The molecule has 0 spiro atoms. The maximum atomic E-state index is 12.4. The van der Waals surface area contributed by atoms with E-state index in [0.717, 1.165) is 4.31 Å². The van der Waals surface area contributed by atoms with Crippen LogP contribution in [-0.4, -0.2) is 39.3 Å². The number of hydrogen-bond donors (Lipinski definition) is 2. The molecule has 112 valence electrons. The molecule has 20 heavy (non-hydrogen) atoms. The van der Waals surface area contributed by atoms with Gasteiger partial charge in [0.15, 0.2) is 0 Å². The summed E-state index contributed by atoms with van der Waals surface area (Å²) in [6.45, 7) is 1.74. The predicted molar refractivity (Wildman–Crippen MR) is 81.6 cm³/mol. The number of hydrogen-bond acceptors (Lipinski definition) is 4. The number of halogens is 1. The lowest BCUT2D eigenvalue weighted by atomic mass is 10.2.